The third-order valence-electron chi connectivity index (χ3n) is 4.13. The summed E-state index contributed by atoms with van der Waals surface area (Å²) >= 11 is 7.14. The molecule has 2 aromatic heterocycles. The minimum absolute atomic E-state index is 0.0550. The van der Waals surface area contributed by atoms with Gasteiger partial charge in [-0.25, -0.2) is 4.79 Å². The molecule has 0 unspecified atom stereocenters. The van der Waals surface area contributed by atoms with Gasteiger partial charge in [0.25, 0.3) is 11.5 Å². The second-order valence-electron chi connectivity index (χ2n) is 5.88. The van der Waals surface area contributed by atoms with Crippen LogP contribution in [0.25, 0.3) is 11.0 Å². The highest BCUT2D eigenvalue weighted by atomic mass is 35.5. The molecule has 28 heavy (non-hydrogen) atoms. The molecular weight excluding hydrogens is 402 g/mol. The molecule has 0 fully saturated rings. The topological polar surface area (TPSA) is 110 Å². The number of carbonyl (C=O) groups is 1. The van der Waals surface area contributed by atoms with Gasteiger partial charge < -0.3 is 10.3 Å². The predicted molar refractivity (Wildman–Crippen MR) is 107 cm³/mol. The molecule has 0 spiro atoms. The summed E-state index contributed by atoms with van der Waals surface area (Å²) in [5.74, 6) is -0.658. The summed E-state index contributed by atoms with van der Waals surface area (Å²) in [5, 5.41) is 3.08. The van der Waals surface area contributed by atoms with Crippen molar-refractivity contribution in [3.63, 3.8) is 0 Å². The molecule has 4 rings (SSSR count). The van der Waals surface area contributed by atoms with Gasteiger partial charge in [0, 0.05) is 11.2 Å². The van der Waals surface area contributed by atoms with Crippen LogP contribution < -0.4 is 16.6 Å². The number of rotatable bonds is 4. The number of nitrogens with zero attached hydrogens (tertiary/aromatic N) is 3. The third-order valence-corrected chi connectivity index (χ3v) is 5.04. The number of amides is 1. The molecule has 0 saturated carbocycles. The first-order valence-electron chi connectivity index (χ1n) is 8.13. The fourth-order valence-corrected chi connectivity index (χ4v) is 3.46. The molecule has 0 radical (unpaired) electrons. The number of fused-ring (bicyclic) bond motifs is 1. The Hall–Kier alpha value is -3.30. The highest BCUT2D eigenvalue weighted by Gasteiger charge is 2.17. The van der Waals surface area contributed by atoms with Crippen LogP contribution in [0.5, 0.6) is 0 Å². The Kier molecular flexibility index (Phi) is 4.76. The van der Waals surface area contributed by atoms with Gasteiger partial charge in [-0.3, -0.25) is 14.2 Å². The Morgan fingerprint density at radius 1 is 1.14 bits per heavy atom. The van der Waals surface area contributed by atoms with Crippen LogP contribution in [0.15, 0.2) is 58.3 Å². The van der Waals surface area contributed by atoms with Gasteiger partial charge in [-0.15, -0.1) is 0 Å². The minimum Gasteiger partial charge on any atom is -0.320 e. The highest BCUT2D eigenvalue weighted by Crippen LogP contribution is 2.21. The normalized spacial score (nSPS) is 10.9. The Morgan fingerprint density at radius 3 is 2.79 bits per heavy atom. The number of hydrogen-bond donors (Lipinski definition) is 2. The average molecular weight is 414 g/mol. The molecule has 0 aliphatic rings. The lowest BCUT2D eigenvalue weighted by atomic mass is 10.2. The maximum atomic E-state index is 12.8. The van der Waals surface area contributed by atoms with E-state index in [0.717, 1.165) is 22.5 Å². The summed E-state index contributed by atoms with van der Waals surface area (Å²) in [6.45, 7) is -0.0550. The summed E-state index contributed by atoms with van der Waals surface area (Å²) in [7, 11) is 0. The third kappa shape index (κ3) is 3.32. The van der Waals surface area contributed by atoms with Gasteiger partial charge in [0.2, 0.25) is 0 Å². The number of H-pyrrole nitrogens is 1. The van der Waals surface area contributed by atoms with Crippen molar-refractivity contribution in [3.05, 3.63) is 85.6 Å². The number of hydrogen-bond acceptors (Lipinski definition) is 6. The molecule has 0 bridgehead atoms. The van der Waals surface area contributed by atoms with Gasteiger partial charge in [-0.05, 0) is 23.8 Å². The molecule has 2 N–H and O–H groups in total. The summed E-state index contributed by atoms with van der Waals surface area (Å²) in [5.41, 5.74) is 0.637. The van der Waals surface area contributed by atoms with Crippen molar-refractivity contribution >= 4 is 46.0 Å². The summed E-state index contributed by atoms with van der Waals surface area (Å²) in [6.07, 6.45) is 1.10. The van der Waals surface area contributed by atoms with E-state index in [1.807, 2.05) is 0 Å². The number of nitrogens with one attached hydrogen (secondary N) is 2. The van der Waals surface area contributed by atoms with Gasteiger partial charge in [-0.2, -0.15) is 8.75 Å². The van der Waals surface area contributed by atoms with Crippen LogP contribution in [0.1, 0.15) is 15.9 Å². The second kappa shape index (κ2) is 7.37. The zero-order valence-electron chi connectivity index (χ0n) is 14.2. The number of carbonyl (C=O) groups excluding carboxylic acids is 1. The zero-order valence-corrected chi connectivity index (χ0v) is 15.8. The van der Waals surface area contributed by atoms with E-state index >= 15 is 0 Å². The number of halogens is 1. The van der Waals surface area contributed by atoms with E-state index in [9.17, 15) is 14.4 Å². The molecule has 0 saturated heterocycles. The van der Waals surface area contributed by atoms with E-state index in [2.05, 4.69) is 19.0 Å². The molecule has 2 aromatic carbocycles. The molecule has 1 amide bonds. The van der Waals surface area contributed by atoms with Crippen molar-refractivity contribution in [2.24, 2.45) is 0 Å². The Morgan fingerprint density at radius 2 is 1.96 bits per heavy atom. The van der Waals surface area contributed by atoms with Crippen molar-refractivity contribution in [1.29, 1.82) is 0 Å². The molecule has 10 heteroatoms. The minimum atomic E-state index is -0.718. The van der Waals surface area contributed by atoms with E-state index in [1.165, 1.54) is 0 Å². The van der Waals surface area contributed by atoms with Gasteiger partial charge in [0.05, 0.1) is 24.0 Å². The standard InChI is InChI=1S/C18H12ClN5O3S/c19-12-5-2-1-4-10(12)9-24-17(26)11(8-20-18(24)27)16(25)21-13-6-3-7-14-15(13)23-28-22-14/h1-8H,9H2,(H,20,27)(H,21,25). The maximum absolute atomic E-state index is 12.8. The van der Waals surface area contributed by atoms with E-state index in [-0.39, 0.29) is 12.1 Å². The molecule has 0 atom stereocenters. The largest absolute Gasteiger partial charge is 0.328 e. The SMILES string of the molecule is O=C(Nc1cccc2nsnc12)c1c[nH]c(=O)n(Cc2ccccc2Cl)c1=O. The van der Waals surface area contributed by atoms with Crippen molar-refractivity contribution in [3.8, 4) is 0 Å². The van der Waals surface area contributed by atoms with Crippen LogP contribution in [-0.2, 0) is 6.54 Å². The van der Waals surface area contributed by atoms with E-state index in [4.69, 9.17) is 11.6 Å². The quantitative estimate of drug-likeness (QED) is 0.534. The van der Waals surface area contributed by atoms with Crippen molar-refractivity contribution < 1.29 is 4.79 Å². The second-order valence-corrected chi connectivity index (χ2v) is 6.82. The zero-order chi connectivity index (χ0) is 19.7. The Balaban J connectivity index is 1.70. The lowest BCUT2D eigenvalue weighted by molar-refractivity contribution is 0.102. The van der Waals surface area contributed by atoms with Crippen molar-refractivity contribution in [2.45, 2.75) is 6.54 Å². The molecule has 4 aromatic rings. The Bertz CT molecular complexity index is 1310. The van der Waals surface area contributed by atoms with Gasteiger partial charge in [0.15, 0.2) is 0 Å². The summed E-state index contributed by atoms with van der Waals surface area (Å²) < 4.78 is 9.19. The number of benzene rings is 2. The van der Waals surface area contributed by atoms with Crippen LogP contribution >= 0.6 is 23.3 Å². The monoisotopic (exact) mass is 413 g/mol. The van der Waals surface area contributed by atoms with E-state index in [0.29, 0.717) is 27.3 Å². The van der Waals surface area contributed by atoms with Crippen LogP contribution in [0, 0.1) is 0 Å². The first-order valence-corrected chi connectivity index (χ1v) is 9.24. The summed E-state index contributed by atoms with van der Waals surface area (Å²) in [6, 6.07) is 12.0. The van der Waals surface area contributed by atoms with E-state index in [1.54, 1.807) is 42.5 Å². The van der Waals surface area contributed by atoms with Gasteiger partial charge in [-0.1, -0.05) is 35.9 Å². The summed E-state index contributed by atoms with van der Waals surface area (Å²) in [4.78, 5) is 40.0. The van der Waals surface area contributed by atoms with Crippen molar-refractivity contribution in [2.75, 3.05) is 5.32 Å². The van der Waals surface area contributed by atoms with Crippen LogP contribution in [0.2, 0.25) is 5.02 Å². The average Bonchev–Trinajstić information content (AvgIpc) is 3.16. The fraction of sp³-hybridized carbons (Fsp3) is 0.0556. The molecule has 8 nitrogen and oxygen atoms in total. The molecule has 2 heterocycles. The highest BCUT2D eigenvalue weighted by molar-refractivity contribution is 7.00. The fourth-order valence-electron chi connectivity index (χ4n) is 2.71. The predicted octanol–water partition coefficient (Wildman–Crippen LogP) is 2.50. The number of anilines is 1. The molecule has 0 aliphatic carbocycles. The van der Waals surface area contributed by atoms with Crippen molar-refractivity contribution in [1.82, 2.24) is 18.3 Å². The maximum Gasteiger partial charge on any atom is 0.328 e. The Labute approximate surface area is 166 Å². The first kappa shape index (κ1) is 18.1. The molecule has 140 valence electrons. The lowest BCUT2D eigenvalue weighted by Gasteiger charge is -2.09. The van der Waals surface area contributed by atoms with Gasteiger partial charge in [0.1, 0.15) is 16.6 Å². The van der Waals surface area contributed by atoms with Crippen LogP contribution in [0.4, 0.5) is 5.69 Å². The van der Waals surface area contributed by atoms with Crippen LogP contribution in [0.3, 0.4) is 0 Å². The smallest absolute Gasteiger partial charge is 0.320 e. The van der Waals surface area contributed by atoms with E-state index < -0.39 is 17.2 Å². The first-order chi connectivity index (χ1) is 13.5. The molecular formula is C18H12ClN5O3S. The number of aromatic amines is 1. The van der Waals surface area contributed by atoms with Crippen LogP contribution in [-0.4, -0.2) is 24.2 Å². The molecule has 0 aliphatic heterocycles. The van der Waals surface area contributed by atoms with Gasteiger partial charge >= 0.3 is 5.69 Å². The lowest BCUT2D eigenvalue weighted by Crippen LogP contribution is -2.39. The number of aromatic nitrogens is 4.